The summed E-state index contributed by atoms with van der Waals surface area (Å²) < 4.78 is 9.81. The van der Waals surface area contributed by atoms with Crippen LogP contribution in [-0.4, -0.2) is 33.2 Å². The topological polar surface area (TPSA) is 62.8 Å². The fourth-order valence-electron chi connectivity index (χ4n) is 14.2. The zero-order chi connectivity index (χ0) is 59.4. The Morgan fingerprint density at radius 3 is 1.09 bits per heavy atom. The van der Waals surface area contributed by atoms with E-state index in [1.54, 1.807) is 0 Å². The van der Waals surface area contributed by atoms with Crippen LogP contribution in [0.2, 0.25) is 0 Å². The molecule has 0 amide bonds. The van der Waals surface area contributed by atoms with E-state index in [0.29, 0.717) is 23.2 Å². The lowest BCUT2D eigenvalue weighted by Gasteiger charge is -2.21. The van der Waals surface area contributed by atoms with Crippen molar-refractivity contribution in [1.82, 2.24) is 33.2 Å². The van der Waals surface area contributed by atoms with Crippen LogP contribution in [0.5, 0.6) is 0 Å². The molecule has 0 aliphatic carbocycles. The molecule has 0 spiro atoms. The molecular formula is C82H50N8. The molecule has 13 aromatic carbocycles. The molecule has 8 nitrogen and oxygen atoms in total. The van der Waals surface area contributed by atoms with Gasteiger partial charge >= 0.3 is 0 Å². The van der Waals surface area contributed by atoms with Crippen molar-refractivity contribution in [3.63, 3.8) is 0 Å². The Balaban J connectivity index is 0.995. The highest BCUT2D eigenvalue weighted by Gasteiger charge is 2.27. The molecule has 0 bridgehead atoms. The van der Waals surface area contributed by atoms with E-state index in [-0.39, 0.29) is 0 Å². The highest BCUT2D eigenvalue weighted by atomic mass is 15.1. The third kappa shape index (κ3) is 7.77. The highest BCUT2D eigenvalue weighted by Crippen LogP contribution is 2.49. The number of hydrogen-bond acceptors (Lipinski definition) is 3. The maximum Gasteiger partial charge on any atom is 0.194 e. The van der Waals surface area contributed by atoms with Crippen LogP contribution in [0.3, 0.4) is 0 Å². The number of hydrogen-bond donors (Lipinski definition) is 0. The van der Waals surface area contributed by atoms with Crippen molar-refractivity contribution in [3.8, 4) is 79.2 Å². The minimum absolute atomic E-state index is 0.538. The quantitative estimate of drug-likeness (QED) is 0.135. The molecule has 5 aromatic heterocycles. The molecule has 0 radical (unpaired) electrons. The number of fused-ring (bicyclic) bond motifs is 14. The number of nitrogens with zero attached hydrogens (tertiary/aromatic N) is 8. The maximum absolute atomic E-state index is 8.50. The minimum atomic E-state index is 0.538. The third-order valence-electron chi connectivity index (χ3n) is 18.0. The van der Waals surface area contributed by atoms with Crippen molar-refractivity contribution in [1.29, 1.82) is 0 Å². The lowest BCUT2D eigenvalue weighted by Crippen LogP contribution is -2.04. The maximum atomic E-state index is 8.50. The Bertz CT molecular complexity index is 5910. The van der Waals surface area contributed by atoms with Gasteiger partial charge in [0.1, 0.15) is 0 Å². The van der Waals surface area contributed by atoms with Crippen molar-refractivity contribution in [2.45, 2.75) is 0 Å². The van der Waals surface area contributed by atoms with Crippen LogP contribution in [0.4, 0.5) is 5.69 Å². The summed E-state index contributed by atoms with van der Waals surface area (Å²) in [5, 5.41) is 9.30. The largest absolute Gasteiger partial charge is 0.309 e. The zero-order valence-corrected chi connectivity index (χ0v) is 48.4. The van der Waals surface area contributed by atoms with Crippen LogP contribution < -0.4 is 0 Å². The summed E-state index contributed by atoms with van der Waals surface area (Å²) >= 11 is 0. The average Bonchev–Trinajstić information content (AvgIpc) is 1.55. The monoisotopic (exact) mass is 1150 g/mol. The summed E-state index contributed by atoms with van der Waals surface area (Å²) in [7, 11) is 0. The molecule has 0 aliphatic heterocycles. The fraction of sp³-hybridized carbons (Fsp3) is 0. The molecular weight excluding hydrogens is 1100 g/mol. The highest BCUT2D eigenvalue weighted by molar-refractivity contribution is 6.28. The van der Waals surface area contributed by atoms with Gasteiger partial charge in [-0.3, -0.25) is 0 Å². The first-order chi connectivity index (χ1) is 44.6. The normalized spacial score (nSPS) is 11.8. The summed E-state index contributed by atoms with van der Waals surface area (Å²) in [6.07, 6.45) is 0. The van der Waals surface area contributed by atoms with Crippen LogP contribution >= 0.6 is 0 Å². The van der Waals surface area contributed by atoms with Gasteiger partial charge in [0.2, 0.25) is 0 Å². The van der Waals surface area contributed by atoms with E-state index in [2.05, 4.69) is 272 Å². The summed E-state index contributed by atoms with van der Waals surface area (Å²) in [4.78, 5) is 20.0. The Morgan fingerprint density at radius 1 is 0.256 bits per heavy atom. The summed E-state index contributed by atoms with van der Waals surface area (Å²) in [6, 6.07) is 108. The molecule has 418 valence electrons. The molecule has 18 aromatic rings. The van der Waals surface area contributed by atoms with Crippen LogP contribution in [0.25, 0.3) is 171 Å². The number of rotatable bonds is 9. The third-order valence-corrected chi connectivity index (χ3v) is 18.0. The number of aromatic nitrogens is 7. The number of benzene rings is 13. The predicted octanol–water partition coefficient (Wildman–Crippen LogP) is 21.1. The van der Waals surface area contributed by atoms with Crippen LogP contribution in [0.1, 0.15) is 0 Å². The van der Waals surface area contributed by atoms with Gasteiger partial charge in [-0.25, -0.2) is 19.8 Å². The smallest absolute Gasteiger partial charge is 0.194 e. The van der Waals surface area contributed by atoms with Crippen molar-refractivity contribution >= 4 is 92.9 Å². The second kappa shape index (κ2) is 20.3. The molecule has 0 N–H and O–H groups in total. The van der Waals surface area contributed by atoms with Gasteiger partial charge in [0.05, 0.1) is 62.1 Å². The lowest BCUT2D eigenvalue weighted by atomic mass is 9.93. The van der Waals surface area contributed by atoms with E-state index < -0.39 is 0 Å². The zero-order valence-electron chi connectivity index (χ0n) is 48.4. The van der Waals surface area contributed by atoms with E-state index in [0.717, 1.165) is 127 Å². The van der Waals surface area contributed by atoms with Gasteiger partial charge in [0.15, 0.2) is 23.2 Å². The van der Waals surface area contributed by atoms with Crippen molar-refractivity contribution in [3.05, 3.63) is 315 Å². The van der Waals surface area contributed by atoms with Gasteiger partial charge < -0.3 is 18.3 Å². The summed E-state index contributed by atoms with van der Waals surface area (Å²) in [5.41, 5.74) is 19.7. The lowest BCUT2D eigenvalue weighted by molar-refractivity contribution is 1.07. The first-order valence-electron chi connectivity index (χ1n) is 30.3. The van der Waals surface area contributed by atoms with E-state index >= 15 is 0 Å². The van der Waals surface area contributed by atoms with E-state index in [4.69, 9.17) is 21.5 Å². The van der Waals surface area contributed by atoms with E-state index in [1.807, 2.05) is 54.6 Å². The van der Waals surface area contributed by atoms with Crippen molar-refractivity contribution in [2.24, 2.45) is 0 Å². The molecule has 0 saturated carbocycles. The van der Waals surface area contributed by atoms with Gasteiger partial charge in [-0.1, -0.05) is 212 Å². The first kappa shape index (κ1) is 50.8. The Hall–Kier alpha value is -12.4. The average molecular weight is 1150 g/mol. The second-order valence-corrected chi connectivity index (χ2v) is 22.9. The van der Waals surface area contributed by atoms with E-state index in [9.17, 15) is 0 Å². The van der Waals surface area contributed by atoms with Crippen LogP contribution in [0, 0.1) is 6.57 Å². The number of para-hydroxylation sites is 7. The standard InChI is InChI=1S/C82H50N8/c1-83-67-37-19-14-32-58(67)54-42-46-72(89-70-40-22-17-35-63(70)76-74(89)48-44-61-59-33-15-20-38-68(59)87(78(61)76)56-28-10-4-11-29-56)65(50-54)66-51-55(82-85-80(52-24-6-2-7-25-52)84-81(86-82)53-26-8-3-9-27-53)43-47-73(66)90-71-41-23-18-36-64(71)77-75(90)49-45-62-60-34-16-21-39-69(60)88(79(62)77)57-30-12-5-13-31-57/h2-51H. The van der Waals surface area contributed by atoms with Crippen LogP contribution in [-0.2, 0) is 0 Å². The van der Waals surface area contributed by atoms with Gasteiger partial charge in [-0.05, 0) is 102 Å². The SMILES string of the molecule is [C-]#[N+]c1ccccc1-c1ccc(-n2c3ccccc3c3c2ccc2c4ccccc4n(-c4ccccc4)c23)c(-c2cc(-c3nc(-c4ccccc4)nc(-c4ccccc4)n3)ccc2-n2c3ccccc3c3c2ccc2c4ccccc4n(-c4ccccc4)c23)c1. The van der Waals surface area contributed by atoms with Gasteiger partial charge in [0.25, 0.3) is 0 Å². The Morgan fingerprint density at radius 2 is 0.622 bits per heavy atom. The molecule has 0 aliphatic rings. The van der Waals surface area contributed by atoms with Gasteiger partial charge in [0, 0.05) is 82.3 Å². The van der Waals surface area contributed by atoms with Gasteiger partial charge in [-0.2, -0.15) is 0 Å². The first-order valence-corrected chi connectivity index (χ1v) is 30.3. The molecule has 0 atom stereocenters. The Labute approximate surface area is 517 Å². The van der Waals surface area contributed by atoms with Gasteiger partial charge in [-0.15, -0.1) is 0 Å². The molecule has 5 heterocycles. The molecule has 0 saturated heterocycles. The summed E-state index contributed by atoms with van der Waals surface area (Å²) in [6.45, 7) is 8.50. The van der Waals surface area contributed by atoms with Crippen LogP contribution in [0.15, 0.2) is 303 Å². The summed E-state index contributed by atoms with van der Waals surface area (Å²) in [5.74, 6) is 1.69. The Kier molecular flexibility index (Phi) is 11.5. The van der Waals surface area contributed by atoms with Crippen molar-refractivity contribution in [2.75, 3.05) is 0 Å². The molecule has 18 rings (SSSR count). The molecule has 90 heavy (non-hydrogen) atoms. The minimum Gasteiger partial charge on any atom is -0.309 e. The second-order valence-electron chi connectivity index (χ2n) is 22.9. The molecule has 8 heteroatoms. The van der Waals surface area contributed by atoms with E-state index in [1.165, 1.54) is 21.5 Å². The predicted molar refractivity (Wildman–Crippen MR) is 371 cm³/mol. The molecule has 0 unspecified atom stereocenters. The fourth-order valence-corrected chi connectivity index (χ4v) is 14.2. The molecule has 0 fully saturated rings. The van der Waals surface area contributed by atoms with Crippen molar-refractivity contribution < 1.29 is 0 Å².